The van der Waals surface area contributed by atoms with Crippen molar-refractivity contribution in [2.45, 2.75) is 25.9 Å². The van der Waals surface area contributed by atoms with Gasteiger partial charge in [0.1, 0.15) is 5.75 Å². The molecule has 0 radical (unpaired) electrons. The van der Waals surface area contributed by atoms with Gasteiger partial charge in [0.2, 0.25) is 11.7 Å². The predicted octanol–water partition coefficient (Wildman–Crippen LogP) is 4.52. The van der Waals surface area contributed by atoms with E-state index in [4.69, 9.17) is 32.7 Å². The summed E-state index contributed by atoms with van der Waals surface area (Å²) in [6.45, 7) is 2.63. The van der Waals surface area contributed by atoms with Gasteiger partial charge in [-0.05, 0) is 55.5 Å². The minimum Gasteiger partial charge on any atom is -0.494 e. The standard InChI is InChI=1S/C23H23Cl2NO5/c1-2-30-19-9-7-18(8-10-19)26-14-16(13-21(26)27)23(29)31-20(11-12-24)22(28)15-3-5-17(25)6-4-15/h3-10,16,20H,2,11-14H2,1H3/t16-,20-/m1/s1. The molecule has 3 rings (SSSR count). The number of ketones is 1. The molecule has 1 saturated heterocycles. The van der Waals surface area contributed by atoms with Crippen LogP contribution in [0.25, 0.3) is 0 Å². The predicted molar refractivity (Wildman–Crippen MR) is 119 cm³/mol. The molecule has 164 valence electrons. The largest absolute Gasteiger partial charge is 0.494 e. The van der Waals surface area contributed by atoms with E-state index in [1.165, 1.54) is 0 Å². The molecule has 2 aromatic carbocycles. The maximum Gasteiger partial charge on any atom is 0.312 e. The molecular weight excluding hydrogens is 441 g/mol. The Balaban J connectivity index is 1.66. The van der Waals surface area contributed by atoms with Crippen LogP contribution in [-0.2, 0) is 14.3 Å². The van der Waals surface area contributed by atoms with E-state index < -0.39 is 18.0 Å². The molecule has 1 aliphatic rings. The van der Waals surface area contributed by atoms with Crippen LogP contribution in [0.1, 0.15) is 30.1 Å². The van der Waals surface area contributed by atoms with Crippen molar-refractivity contribution in [3.05, 3.63) is 59.1 Å². The number of carbonyl (C=O) groups is 3. The molecule has 0 N–H and O–H groups in total. The van der Waals surface area contributed by atoms with Crippen LogP contribution >= 0.6 is 23.2 Å². The van der Waals surface area contributed by atoms with Crippen LogP contribution in [0.5, 0.6) is 5.75 Å². The minimum atomic E-state index is -1.01. The molecular formula is C23H23Cl2NO5. The van der Waals surface area contributed by atoms with Crippen molar-refractivity contribution in [1.29, 1.82) is 0 Å². The molecule has 2 atom stereocenters. The monoisotopic (exact) mass is 463 g/mol. The van der Waals surface area contributed by atoms with Gasteiger partial charge in [-0.2, -0.15) is 0 Å². The Morgan fingerprint density at radius 3 is 2.42 bits per heavy atom. The van der Waals surface area contributed by atoms with E-state index in [9.17, 15) is 14.4 Å². The Bertz CT molecular complexity index is 930. The van der Waals surface area contributed by atoms with Crippen LogP contribution in [0.2, 0.25) is 5.02 Å². The Morgan fingerprint density at radius 2 is 1.81 bits per heavy atom. The van der Waals surface area contributed by atoms with Crippen LogP contribution in [-0.4, -0.2) is 42.8 Å². The second-order valence-corrected chi connectivity index (χ2v) is 7.92. The Morgan fingerprint density at radius 1 is 1.13 bits per heavy atom. The molecule has 0 unspecified atom stereocenters. The fourth-order valence-corrected chi connectivity index (χ4v) is 3.71. The highest BCUT2D eigenvalue weighted by Gasteiger charge is 2.38. The van der Waals surface area contributed by atoms with E-state index in [2.05, 4.69) is 0 Å². The second-order valence-electron chi connectivity index (χ2n) is 7.11. The first-order valence-electron chi connectivity index (χ1n) is 10.0. The summed E-state index contributed by atoms with van der Waals surface area (Å²) in [4.78, 5) is 39.5. The van der Waals surface area contributed by atoms with Gasteiger partial charge in [-0.1, -0.05) is 11.6 Å². The average Bonchev–Trinajstić information content (AvgIpc) is 3.16. The van der Waals surface area contributed by atoms with Gasteiger partial charge in [0.05, 0.1) is 12.5 Å². The number of Topliss-reactive ketones (excluding diaryl/α,β-unsaturated/α-hetero) is 1. The van der Waals surface area contributed by atoms with Crippen LogP contribution in [0.3, 0.4) is 0 Å². The number of benzene rings is 2. The zero-order chi connectivity index (χ0) is 22.4. The zero-order valence-corrected chi connectivity index (χ0v) is 18.6. The maximum absolute atomic E-state index is 12.8. The molecule has 2 aromatic rings. The van der Waals surface area contributed by atoms with Gasteiger partial charge in [0.15, 0.2) is 6.10 Å². The number of amides is 1. The van der Waals surface area contributed by atoms with Crippen LogP contribution < -0.4 is 9.64 Å². The fourth-order valence-electron chi connectivity index (χ4n) is 3.38. The highest BCUT2D eigenvalue weighted by molar-refractivity contribution is 6.30. The SMILES string of the molecule is CCOc1ccc(N2C[C@H](C(=O)O[C@H](CCCl)C(=O)c3ccc(Cl)cc3)CC2=O)cc1. The zero-order valence-electron chi connectivity index (χ0n) is 17.1. The van der Waals surface area contributed by atoms with Crippen molar-refractivity contribution in [3.63, 3.8) is 0 Å². The number of alkyl halides is 1. The molecule has 31 heavy (non-hydrogen) atoms. The summed E-state index contributed by atoms with van der Waals surface area (Å²) in [6, 6.07) is 13.4. The number of esters is 1. The first kappa shape index (κ1) is 23.1. The van der Waals surface area contributed by atoms with Crippen molar-refractivity contribution >= 4 is 46.5 Å². The highest BCUT2D eigenvalue weighted by atomic mass is 35.5. The summed E-state index contributed by atoms with van der Waals surface area (Å²) >= 11 is 11.7. The molecule has 0 aliphatic carbocycles. The summed E-state index contributed by atoms with van der Waals surface area (Å²) in [6.07, 6.45) is -0.812. The Hall–Kier alpha value is -2.57. The van der Waals surface area contributed by atoms with Gasteiger partial charge >= 0.3 is 5.97 Å². The summed E-state index contributed by atoms with van der Waals surface area (Å²) in [5, 5.41) is 0.501. The molecule has 0 spiro atoms. The number of carbonyl (C=O) groups excluding carboxylic acids is 3. The van der Waals surface area contributed by atoms with E-state index in [0.29, 0.717) is 28.6 Å². The van der Waals surface area contributed by atoms with Crippen molar-refractivity contribution in [1.82, 2.24) is 0 Å². The molecule has 0 aromatic heterocycles. The number of ether oxygens (including phenoxy) is 2. The molecule has 0 saturated carbocycles. The smallest absolute Gasteiger partial charge is 0.312 e. The van der Waals surface area contributed by atoms with Gasteiger partial charge in [-0.15, -0.1) is 11.6 Å². The van der Waals surface area contributed by atoms with Crippen LogP contribution in [0, 0.1) is 5.92 Å². The Labute approximate surface area is 191 Å². The van der Waals surface area contributed by atoms with Crippen molar-refractivity contribution in [2.75, 3.05) is 23.9 Å². The van der Waals surface area contributed by atoms with Gasteiger partial charge < -0.3 is 14.4 Å². The number of halogens is 2. The van der Waals surface area contributed by atoms with E-state index in [1.807, 2.05) is 6.92 Å². The first-order valence-corrected chi connectivity index (χ1v) is 10.9. The van der Waals surface area contributed by atoms with E-state index >= 15 is 0 Å². The lowest BCUT2D eigenvalue weighted by atomic mass is 10.0. The number of hydrogen-bond acceptors (Lipinski definition) is 5. The molecule has 6 nitrogen and oxygen atoms in total. The number of anilines is 1. The third kappa shape index (κ3) is 5.77. The van der Waals surface area contributed by atoms with Crippen molar-refractivity contribution in [2.24, 2.45) is 5.92 Å². The number of rotatable bonds is 9. The molecule has 8 heteroatoms. The highest BCUT2D eigenvalue weighted by Crippen LogP contribution is 2.28. The lowest BCUT2D eigenvalue weighted by Gasteiger charge is -2.19. The third-order valence-electron chi connectivity index (χ3n) is 4.97. The normalized spacial score (nSPS) is 16.8. The van der Waals surface area contributed by atoms with Crippen molar-refractivity contribution in [3.8, 4) is 5.75 Å². The summed E-state index contributed by atoms with van der Waals surface area (Å²) in [7, 11) is 0. The van der Waals surface area contributed by atoms with Gasteiger partial charge in [-0.3, -0.25) is 14.4 Å². The first-order chi connectivity index (χ1) is 14.9. The molecule has 0 bridgehead atoms. The lowest BCUT2D eigenvalue weighted by molar-refractivity contribution is -0.151. The Kier molecular flexibility index (Phi) is 7.93. The van der Waals surface area contributed by atoms with E-state index in [0.717, 1.165) is 0 Å². The van der Waals surface area contributed by atoms with E-state index in [-0.39, 0.29) is 37.0 Å². The molecule has 1 heterocycles. The second kappa shape index (κ2) is 10.6. The summed E-state index contributed by atoms with van der Waals surface area (Å²) in [5.74, 6) is -0.908. The maximum atomic E-state index is 12.8. The van der Waals surface area contributed by atoms with Gasteiger partial charge in [0.25, 0.3) is 0 Å². The molecule has 1 fully saturated rings. The topological polar surface area (TPSA) is 72.9 Å². The molecule has 1 amide bonds. The van der Waals surface area contributed by atoms with Gasteiger partial charge in [0, 0.05) is 41.5 Å². The van der Waals surface area contributed by atoms with Crippen molar-refractivity contribution < 1.29 is 23.9 Å². The van der Waals surface area contributed by atoms with E-state index in [1.54, 1.807) is 53.4 Å². The van der Waals surface area contributed by atoms with Crippen LogP contribution in [0.4, 0.5) is 5.69 Å². The number of nitrogens with zero attached hydrogens (tertiary/aromatic N) is 1. The molecule has 1 aliphatic heterocycles. The number of hydrogen-bond donors (Lipinski definition) is 0. The lowest BCUT2D eigenvalue weighted by Crippen LogP contribution is -2.32. The van der Waals surface area contributed by atoms with Gasteiger partial charge in [-0.25, -0.2) is 0 Å². The summed E-state index contributed by atoms with van der Waals surface area (Å²) < 4.78 is 10.9. The minimum absolute atomic E-state index is 0.0226. The van der Waals surface area contributed by atoms with Crippen LogP contribution in [0.15, 0.2) is 48.5 Å². The quantitative estimate of drug-likeness (QED) is 0.310. The fraction of sp³-hybridized carbons (Fsp3) is 0.348. The summed E-state index contributed by atoms with van der Waals surface area (Å²) in [5.41, 5.74) is 1.06. The third-order valence-corrected chi connectivity index (χ3v) is 5.44. The average molecular weight is 464 g/mol.